The van der Waals surface area contributed by atoms with Gasteiger partial charge in [-0.25, -0.2) is 0 Å². The maximum Gasteiger partial charge on any atom is 0.128 e. The van der Waals surface area contributed by atoms with E-state index in [1.807, 2.05) is 61.6 Å². The number of para-hydroxylation sites is 1. The van der Waals surface area contributed by atoms with E-state index in [-0.39, 0.29) is 6.10 Å². The standard InChI is InChI=1S/C19H22N2O2/c1-4-22-18-11-15-10-14(2)23-19(15)12-16(18)13-20-21(3)17-8-6-5-7-9-17/h5-9,11-14H,4,10H2,1-3H3/b20-13-/t14-/m0/s1. The van der Waals surface area contributed by atoms with Crippen molar-refractivity contribution in [2.45, 2.75) is 26.4 Å². The predicted molar refractivity (Wildman–Crippen MR) is 93.8 cm³/mol. The van der Waals surface area contributed by atoms with Crippen LogP contribution in [0, 0.1) is 0 Å². The Hall–Kier alpha value is -2.49. The van der Waals surface area contributed by atoms with Gasteiger partial charge in [0.15, 0.2) is 0 Å². The molecule has 0 amide bonds. The lowest BCUT2D eigenvalue weighted by Crippen LogP contribution is -2.09. The third-order valence-electron chi connectivity index (χ3n) is 3.83. The van der Waals surface area contributed by atoms with Gasteiger partial charge in [-0.05, 0) is 38.1 Å². The monoisotopic (exact) mass is 310 g/mol. The van der Waals surface area contributed by atoms with Crippen molar-refractivity contribution < 1.29 is 9.47 Å². The van der Waals surface area contributed by atoms with Gasteiger partial charge in [-0.1, -0.05) is 18.2 Å². The predicted octanol–water partition coefficient (Wildman–Crippen LogP) is 3.88. The summed E-state index contributed by atoms with van der Waals surface area (Å²) in [7, 11) is 1.93. The highest BCUT2D eigenvalue weighted by molar-refractivity contribution is 5.85. The van der Waals surface area contributed by atoms with Crippen LogP contribution >= 0.6 is 0 Å². The zero-order chi connectivity index (χ0) is 16.2. The Morgan fingerprint density at radius 1 is 1.30 bits per heavy atom. The van der Waals surface area contributed by atoms with Gasteiger partial charge in [-0.2, -0.15) is 5.10 Å². The van der Waals surface area contributed by atoms with Crippen LogP contribution in [0.2, 0.25) is 0 Å². The van der Waals surface area contributed by atoms with E-state index < -0.39 is 0 Å². The number of rotatable bonds is 5. The molecule has 0 saturated heterocycles. The molecule has 0 radical (unpaired) electrons. The summed E-state index contributed by atoms with van der Waals surface area (Å²) in [5, 5.41) is 6.36. The summed E-state index contributed by atoms with van der Waals surface area (Å²) in [5.74, 6) is 1.79. The van der Waals surface area contributed by atoms with Gasteiger partial charge < -0.3 is 9.47 Å². The average Bonchev–Trinajstić information content (AvgIpc) is 2.92. The molecular weight excluding hydrogens is 288 g/mol. The highest BCUT2D eigenvalue weighted by atomic mass is 16.5. The fourth-order valence-corrected chi connectivity index (χ4v) is 2.70. The molecular formula is C19H22N2O2. The number of benzene rings is 2. The second-order valence-corrected chi connectivity index (χ2v) is 5.67. The van der Waals surface area contributed by atoms with Crippen LogP contribution < -0.4 is 14.5 Å². The topological polar surface area (TPSA) is 34.1 Å². The molecule has 2 aromatic rings. The minimum atomic E-state index is 0.221. The van der Waals surface area contributed by atoms with Gasteiger partial charge >= 0.3 is 0 Å². The van der Waals surface area contributed by atoms with Crippen molar-refractivity contribution in [1.29, 1.82) is 0 Å². The van der Waals surface area contributed by atoms with E-state index >= 15 is 0 Å². The number of hydrazone groups is 1. The molecule has 0 aromatic heterocycles. The molecule has 2 aromatic carbocycles. The largest absolute Gasteiger partial charge is 0.493 e. The summed E-state index contributed by atoms with van der Waals surface area (Å²) in [6, 6.07) is 14.1. The van der Waals surface area contributed by atoms with Crippen molar-refractivity contribution in [3.05, 3.63) is 53.6 Å². The number of anilines is 1. The zero-order valence-corrected chi connectivity index (χ0v) is 13.8. The third-order valence-corrected chi connectivity index (χ3v) is 3.83. The second-order valence-electron chi connectivity index (χ2n) is 5.67. The molecule has 1 atom stereocenters. The van der Waals surface area contributed by atoms with E-state index in [1.54, 1.807) is 0 Å². The van der Waals surface area contributed by atoms with E-state index in [2.05, 4.69) is 18.1 Å². The Bertz CT molecular complexity index is 698. The number of nitrogens with zero attached hydrogens (tertiary/aromatic N) is 2. The van der Waals surface area contributed by atoms with Crippen LogP contribution in [0.1, 0.15) is 25.0 Å². The lowest BCUT2D eigenvalue weighted by Gasteiger charge is -2.13. The summed E-state index contributed by atoms with van der Waals surface area (Å²) in [5.41, 5.74) is 3.17. The van der Waals surface area contributed by atoms with E-state index in [4.69, 9.17) is 9.47 Å². The molecule has 0 fully saturated rings. The average molecular weight is 310 g/mol. The summed E-state index contributed by atoms with van der Waals surface area (Å²) in [6.45, 7) is 4.70. The first kappa shape index (κ1) is 15.4. The lowest BCUT2D eigenvalue weighted by atomic mass is 10.1. The molecule has 23 heavy (non-hydrogen) atoms. The number of ether oxygens (including phenoxy) is 2. The smallest absolute Gasteiger partial charge is 0.128 e. The highest BCUT2D eigenvalue weighted by Crippen LogP contribution is 2.34. The molecule has 0 aliphatic carbocycles. The van der Waals surface area contributed by atoms with Crippen molar-refractivity contribution in [2.75, 3.05) is 18.7 Å². The first-order chi connectivity index (χ1) is 11.2. The van der Waals surface area contributed by atoms with Gasteiger partial charge in [0.1, 0.15) is 17.6 Å². The maximum absolute atomic E-state index is 5.84. The van der Waals surface area contributed by atoms with Crippen molar-refractivity contribution >= 4 is 11.9 Å². The minimum Gasteiger partial charge on any atom is -0.493 e. The summed E-state index contributed by atoms with van der Waals surface area (Å²) in [4.78, 5) is 0. The molecule has 120 valence electrons. The second kappa shape index (κ2) is 6.73. The highest BCUT2D eigenvalue weighted by Gasteiger charge is 2.21. The molecule has 3 rings (SSSR count). The van der Waals surface area contributed by atoms with Crippen LogP contribution in [-0.2, 0) is 6.42 Å². The SMILES string of the molecule is CCOc1cc2c(cc1/C=N\N(C)c1ccccc1)O[C@@H](C)C2. The lowest BCUT2D eigenvalue weighted by molar-refractivity contribution is 0.254. The van der Waals surface area contributed by atoms with Crippen LogP contribution in [0.4, 0.5) is 5.69 Å². The van der Waals surface area contributed by atoms with Crippen LogP contribution in [0.15, 0.2) is 47.6 Å². The number of fused-ring (bicyclic) bond motifs is 1. The molecule has 1 aliphatic heterocycles. The Labute approximate surface area is 137 Å². The molecule has 4 heteroatoms. The maximum atomic E-state index is 5.84. The third kappa shape index (κ3) is 3.47. The van der Waals surface area contributed by atoms with Gasteiger partial charge in [0.2, 0.25) is 0 Å². The Balaban J connectivity index is 1.87. The van der Waals surface area contributed by atoms with Crippen molar-refractivity contribution in [3.8, 4) is 11.5 Å². The summed E-state index contributed by atoms with van der Waals surface area (Å²) < 4.78 is 11.6. The summed E-state index contributed by atoms with van der Waals surface area (Å²) >= 11 is 0. The number of hydrogen-bond acceptors (Lipinski definition) is 4. The first-order valence-corrected chi connectivity index (χ1v) is 7.96. The van der Waals surface area contributed by atoms with E-state index in [1.165, 1.54) is 5.56 Å². The van der Waals surface area contributed by atoms with Crippen LogP contribution in [0.25, 0.3) is 0 Å². The van der Waals surface area contributed by atoms with Gasteiger partial charge in [-0.15, -0.1) is 0 Å². The zero-order valence-electron chi connectivity index (χ0n) is 13.8. The van der Waals surface area contributed by atoms with E-state index in [0.29, 0.717) is 6.61 Å². The van der Waals surface area contributed by atoms with Crippen molar-refractivity contribution in [3.63, 3.8) is 0 Å². The normalized spacial score (nSPS) is 16.2. The van der Waals surface area contributed by atoms with Gasteiger partial charge in [-0.3, -0.25) is 5.01 Å². The summed E-state index contributed by atoms with van der Waals surface area (Å²) in [6.07, 6.45) is 2.97. The van der Waals surface area contributed by atoms with Crippen LogP contribution in [-0.4, -0.2) is 26.0 Å². The molecule has 1 aliphatic rings. The number of hydrogen-bond donors (Lipinski definition) is 0. The molecule has 0 bridgehead atoms. The fourth-order valence-electron chi connectivity index (χ4n) is 2.70. The quantitative estimate of drug-likeness (QED) is 0.621. The Kier molecular flexibility index (Phi) is 4.51. The van der Waals surface area contributed by atoms with E-state index in [9.17, 15) is 0 Å². The van der Waals surface area contributed by atoms with Gasteiger partial charge in [0.25, 0.3) is 0 Å². The van der Waals surface area contributed by atoms with Crippen molar-refractivity contribution in [2.24, 2.45) is 5.10 Å². The molecule has 0 unspecified atom stereocenters. The Morgan fingerprint density at radius 2 is 2.09 bits per heavy atom. The van der Waals surface area contributed by atoms with Crippen molar-refractivity contribution in [1.82, 2.24) is 0 Å². The molecule has 4 nitrogen and oxygen atoms in total. The van der Waals surface area contributed by atoms with Crippen LogP contribution in [0.3, 0.4) is 0 Å². The molecule has 1 heterocycles. The van der Waals surface area contributed by atoms with Gasteiger partial charge in [0.05, 0.1) is 18.5 Å². The van der Waals surface area contributed by atoms with Gasteiger partial charge in [0, 0.05) is 24.6 Å². The minimum absolute atomic E-state index is 0.221. The molecule has 0 spiro atoms. The Morgan fingerprint density at radius 3 is 2.83 bits per heavy atom. The van der Waals surface area contributed by atoms with E-state index in [0.717, 1.165) is 29.2 Å². The fraction of sp³-hybridized carbons (Fsp3) is 0.316. The molecule has 0 N–H and O–H groups in total. The van der Waals surface area contributed by atoms with Crippen LogP contribution in [0.5, 0.6) is 11.5 Å². The molecule has 0 saturated carbocycles. The first-order valence-electron chi connectivity index (χ1n) is 7.96.